The molecule has 1 unspecified atom stereocenters. The average Bonchev–Trinajstić information content (AvgIpc) is 2.69. The Morgan fingerprint density at radius 2 is 2.12 bits per heavy atom. The summed E-state index contributed by atoms with van der Waals surface area (Å²) in [6.07, 6.45) is 0.454. The van der Waals surface area contributed by atoms with Crippen molar-refractivity contribution in [3.05, 3.63) is 29.8 Å². The van der Waals surface area contributed by atoms with Gasteiger partial charge in [0.25, 0.3) is 0 Å². The Bertz CT molecular complexity index is 418. The molecule has 0 bridgehead atoms. The highest BCUT2D eigenvalue weighted by atomic mass is 16.3. The third kappa shape index (κ3) is 2.48. The van der Waals surface area contributed by atoms with E-state index in [1.807, 2.05) is 18.2 Å². The summed E-state index contributed by atoms with van der Waals surface area (Å²) in [6.45, 7) is 3.75. The van der Waals surface area contributed by atoms with E-state index < -0.39 is 0 Å². The second kappa shape index (κ2) is 5.29. The molecule has 3 rings (SSSR count). The number of hydrogen-bond donors (Lipinski definition) is 2. The second-order valence-corrected chi connectivity index (χ2v) is 4.14. The number of aliphatic imine (C=N–C) groups is 1. The zero-order chi connectivity index (χ0) is 12.3. The Morgan fingerprint density at radius 3 is 2.88 bits per heavy atom. The van der Waals surface area contributed by atoms with Crippen molar-refractivity contribution in [2.24, 2.45) is 4.99 Å². The lowest BCUT2D eigenvalue weighted by molar-refractivity contribution is 0.245. The number of hydrogen-bond acceptors (Lipinski definition) is 4. The van der Waals surface area contributed by atoms with Crippen molar-refractivity contribution < 1.29 is 10.2 Å². The molecule has 2 aliphatic rings. The van der Waals surface area contributed by atoms with Crippen LogP contribution in [0.1, 0.15) is 18.9 Å². The number of aliphatic hydroxyl groups is 2. The predicted molar refractivity (Wildman–Crippen MR) is 67.3 cm³/mol. The van der Waals surface area contributed by atoms with E-state index in [0.29, 0.717) is 0 Å². The molecule has 1 atom stereocenters. The molecule has 4 heteroatoms. The van der Waals surface area contributed by atoms with E-state index in [2.05, 4.69) is 16.0 Å². The molecule has 0 radical (unpaired) electrons. The van der Waals surface area contributed by atoms with Crippen molar-refractivity contribution in [3.8, 4) is 0 Å². The highest BCUT2D eigenvalue weighted by molar-refractivity contribution is 5.92. The maximum absolute atomic E-state index is 9.68. The lowest BCUT2D eigenvalue weighted by Gasteiger charge is -2.25. The molecule has 0 aliphatic carbocycles. The molecule has 2 N–H and O–H groups in total. The number of amidine groups is 1. The van der Waals surface area contributed by atoms with Gasteiger partial charge in [-0.1, -0.05) is 18.2 Å². The first-order valence-electron chi connectivity index (χ1n) is 5.96. The number of para-hydroxylation sites is 1. The van der Waals surface area contributed by atoms with Crippen LogP contribution in [0.5, 0.6) is 0 Å². The normalized spacial score (nSPS) is 21.0. The summed E-state index contributed by atoms with van der Waals surface area (Å²) in [6, 6.07) is 8.12. The Labute approximate surface area is 101 Å². The molecular formula is C13H18N2O2. The van der Waals surface area contributed by atoms with Gasteiger partial charge >= 0.3 is 0 Å². The summed E-state index contributed by atoms with van der Waals surface area (Å²) in [5, 5.41) is 17.2. The fourth-order valence-electron chi connectivity index (χ4n) is 2.12. The van der Waals surface area contributed by atoms with Crippen LogP contribution in [0.2, 0.25) is 0 Å². The summed E-state index contributed by atoms with van der Waals surface area (Å²) >= 11 is 0. The number of benzene rings is 1. The van der Waals surface area contributed by atoms with Crippen LogP contribution < -0.4 is 0 Å². The SMILES string of the molecule is CCO.OC1CCN2Cc3ccccc3N=C12. The Morgan fingerprint density at radius 1 is 1.41 bits per heavy atom. The van der Waals surface area contributed by atoms with Gasteiger partial charge in [0.15, 0.2) is 0 Å². The largest absolute Gasteiger partial charge is 0.397 e. The summed E-state index contributed by atoms with van der Waals surface area (Å²) in [7, 11) is 0. The van der Waals surface area contributed by atoms with E-state index in [4.69, 9.17) is 5.11 Å². The molecule has 1 fully saturated rings. The van der Waals surface area contributed by atoms with Crippen molar-refractivity contribution in [2.45, 2.75) is 26.0 Å². The van der Waals surface area contributed by atoms with E-state index in [-0.39, 0.29) is 12.7 Å². The van der Waals surface area contributed by atoms with E-state index in [1.165, 1.54) is 5.56 Å². The molecule has 1 saturated heterocycles. The maximum atomic E-state index is 9.68. The van der Waals surface area contributed by atoms with Gasteiger partial charge in [0.1, 0.15) is 11.9 Å². The van der Waals surface area contributed by atoms with Crippen molar-refractivity contribution in [3.63, 3.8) is 0 Å². The van der Waals surface area contributed by atoms with Gasteiger partial charge in [0.05, 0.1) is 5.69 Å². The minimum atomic E-state index is -0.358. The van der Waals surface area contributed by atoms with Gasteiger partial charge in [-0.05, 0) is 25.0 Å². The predicted octanol–water partition coefficient (Wildman–Crippen LogP) is 1.30. The standard InChI is InChI=1S/C11H12N2O.C2H6O/c14-10-5-6-13-7-8-3-1-2-4-9(8)12-11(10)13;1-2-3/h1-4,10,14H,5-7H2;3H,2H2,1H3. The minimum absolute atomic E-state index is 0.250. The quantitative estimate of drug-likeness (QED) is 0.711. The molecular weight excluding hydrogens is 216 g/mol. The molecule has 0 aromatic heterocycles. The van der Waals surface area contributed by atoms with Crippen molar-refractivity contribution in [1.29, 1.82) is 0 Å². The minimum Gasteiger partial charge on any atom is -0.397 e. The van der Waals surface area contributed by atoms with Gasteiger partial charge in [-0.3, -0.25) is 0 Å². The van der Waals surface area contributed by atoms with Crippen LogP contribution in [0.25, 0.3) is 0 Å². The smallest absolute Gasteiger partial charge is 0.134 e. The summed E-state index contributed by atoms with van der Waals surface area (Å²) in [5.74, 6) is 0.851. The fraction of sp³-hybridized carbons (Fsp3) is 0.462. The third-order valence-corrected chi connectivity index (χ3v) is 2.88. The van der Waals surface area contributed by atoms with Crippen LogP contribution in [-0.4, -0.2) is 40.2 Å². The van der Waals surface area contributed by atoms with E-state index >= 15 is 0 Å². The first-order chi connectivity index (χ1) is 8.26. The van der Waals surface area contributed by atoms with Gasteiger partial charge in [0.2, 0.25) is 0 Å². The van der Waals surface area contributed by atoms with Crippen LogP contribution in [0.4, 0.5) is 5.69 Å². The molecule has 17 heavy (non-hydrogen) atoms. The molecule has 2 heterocycles. The summed E-state index contributed by atoms with van der Waals surface area (Å²) < 4.78 is 0. The Hall–Kier alpha value is -1.39. The van der Waals surface area contributed by atoms with Crippen LogP contribution in [0.3, 0.4) is 0 Å². The van der Waals surface area contributed by atoms with Gasteiger partial charge in [-0.25, -0.2) is 4.99 Å². The number of nitrogens with zero attached hydrogens (tertiary/aromatic N) is 2. The molecule has 1 aromatic rings. The fourth-order valence-corrected chi connectivity index (χ4v) is 2.12. The monoisotopic (exact) mass is 234 g/mol. The Kier molecular flexibility index (Phi) is 3.76. The van der Waals surface area contributed by atoms with Crippen LogP contribution in [0.15, 0.2) is 29.3 Å². The molecule has 1 aromatic carbocycles. The molecule has 2 aliphatic heterocycles. The topological polar surface area (TPSA) is 56.1 Å². The molecule has 92 valence electrons. The van der Waals surface area contributed by atoms with Crippen LogP contribution >= 0.6 is 0 Å². The van der Waals surface area contributed by atoms with Crippen LogP contribution in [0, 0.1) is 0 Å². The average molecular weight is 234 g/mol. The van der Waals surface area contributed by atoms with Gasteiger partial charge in [-0.2, -0.15) is 0 Å². The first-order valence-corrected chi connectivity index (χ1v) is 5.96. The number of rotatable bonds is 0. The van der Waals surface area contributed by atoms with Gasteiger partial charge in [0, 0.05) is 19.7 Å². The van der Waals surface area contributed by atoms with Gasteiger partial charge in [-0.15, -0.1) is 0 Å². The van der Waals surface area contributed by atoms with Crippen molar-refractivity contribution >= 4 is 11.5 Å². The maximum Gasteiger partial charge on any atom is 0.134 e. The molecule has 4 nitrogen and oxygen atoms in total. The van der Waals surface area contributed by atoms with Gasteiger partial charge < -0.3 is 15.1 Å². The molecule has 0 amide bonds. The second-order valence-electron chi connectivity index (χ2n) is 4.14. The summed E-state index contributed by atoms with van der Waals surface area (Å²) in [5.41, 5.74) is 2.27. The van der Waals surface area contributed by atoms with Crippen LogP contribution in [-0.2, 0) is 6.54 Å². The highest BCUT2D eigenvalue weighted by Gasteiger charge is 2.30. The number of aliphatic hydroxyl groups excluding tert-OH is 2. The van der Waals surface area contributed by atoms with Crippen molar-refractivity contribution in [2.75, 3.05) is 13.2 Å². The van der Waals surface area contributed by atoms with E-state index in [9.17, 15) is 5.11 Å². The lowest BCUT2D eigenvalue weighted by atomic mass is 10.1. The first kappa shape index (κ1) is 12.1. The zero-order valence-electron chi connectivity index (χ0n) is 10.0. The van der Waals surface area contributed by atoms with Crippen molar-refractivity contribution in [1.82, 2.24) is 4.90 Å². The van der Waals surface area contributed by atoms with E-state index in [0.717, 1.165) is 31.0 Å². The third-order valence-electron chi connectivity index (χ3n) is 2.88. The summed E-state index contributed by atoms with van der Waals surface area (Å²) in [4.78, 5) is 6.64. The molecule has 0 saturated carbocycles. The Balaban J connectivity index is 0.000000329. The molecule has 0 spiro atoms. The lowest BCUT2D eigenvalue weighted by Crippen LogP contribution is -2.31. The highest BCUT2D eigenvalue weighted by Crippen LogP contribution is 2.29. The zero-order valence-corrected chi connectivity index (χ0v) is 10.0. The number of fused-ring (bicyclic) bond motifs is 2. The van der Waals surface area contributed by atoms with E-state index in [1.54, 1.807) is 6.92 Å².